The van der Waals surface area contributed by atoms with Crippen molar-refractivity contribution in [2.24, 2.45) is 0 Å². The van der Waals surface area contributed by atoms with E-state index in [4.69, 9.17) is 9.15 Å². The molecule has 0 fully saturated rings. The van der Waals surface area contributed by atoms with Gasteiger partial charge in [0.2, 0.25) is 0 Å². The first kappa shape index (κ1) is 23.1. The molecule has 174 valence electrons. The van der Waals surface area contributed by atoms with Gasteiger partial charge >= 0.3 is 6.18 Å². The van der Waals surface area contributed by atoms with E-state index in [9.17, 15) is 22.8 Å². The number of carbonyl (C=O) groups is 2. The van der Waals surface area contributed by atoms with Gasteiger partial charge in [-0.15, -0.1) is 11.3 Å². The molecular weight excluding hydrogens is 471 g/mol. The molecular formula is C23H16F3N3O4S. The minimum atomic E-state index is -4.78. The highest BCUT2D eigenvalue weighted by Gasteiger charge is 2.34. The quantitative estimate of drug-likeness (QED) is 0.342. The van der Waals surface area contributed by atoms with Crippen molar-refractivity contribution in [1.29, 1.82) is 0 Å². The predicted octanol–water partition coefficient (Wildman–Crippen LogP) is 5.84. The molecule has 0 aliphatic carbocycles. The molecule has 4 aromatic rings. The van der Waals surface area contributed by atoms with Crippen LogP contribution in [0.2, 0.25) is 0 Å². The van der Waals surface area contributed by atoms with Crippen LogP contribution in [0.3, 0.4) is 0 Å². The summed E-state index contributed by atoms with van der Waals surface area (Å²) in [5.74, 6) is -1.00. The van der Waals surface area contributed by atoms with Crippen LogP contribution in [-0.4, -0.2) is 16.8 Å². The number of amides is 2. The lowest BCUT2D eigenvalue weighted by atomic mass is 10.1. The molecule has 4 rings (SSSR count). The Morgan fingerprint density at radius 1 is 1.03 bits per heavy atom. The van der Waals surface area contributed by atoms with Crippen LogP contribution in [0.25, 0.3) is 0 Å². The van der Waals surface area contributed by atoms with Crippen LogP contribution < -0.4 is 15.4 Å². The summed E-state index contributed by atoms with van der Waals surface area (Å²) in [6.07, 6.45) is -3.50. The molecule has 11 heteroatoms. The number of halogens is 3. The van der Waals surface area contributed by atoms with E-state index in [-0.39, 0.29) is 23.6 Å². The summed E-state index contributed by atoms with van der Waals surface area (Å²) in [5, 5.41) is 6.45. The molecule has 7 nitrogen and oxygen atoms in total. The van der Waals surface area contributed by atoms with Gasteiger partial charge in [-0.05, 0) is 54.6 Å². The van der Waals surface area contributed by atoms with Crippen LogP contribution >= 0.6 is 11.3 Å². The van der Waals surface area contributed by atoms with Crippen LogP contribution in [0, 0.1) is 0 Å². The number of nitrogens with zero attached hydrogens (tertiary/aromatic N) is 1. The summed E-state index contributed by atoms with van der Waals surface area (Å²) < 4.78 is 51.4. The van der Waals surface area contributed by atoms with Gasteiger partial charge < -0.3 is 19.8 Å². The summed E-state index contributed by atoms with van der Waals surface area (Å²) in [4.78, 5) is 28.7. The van der Waals surface area contributed by atoms with E-state index < -0.39 is 29.2 Å². The van der Waals surface area contributed by atoms with Gasteiger partial charge in [-0.2, -0.15) is 13.2 Å². The van der Waals surface area contributed by atoms with Gasteiger partial charge in [-0.1, -0.05) is 0 Å². The zero-order chi connectivity index (χ0) is 24.1. The number of hydrogen-bond donors (Lipinski definition) is 2. The molecule has 0 aliphatic rings. The Balaban J connectivity index is 1.46. The highest BCUT2D eigenvalue weighted by molar-refractivity contribution is 7.07. The SMILES string of the molecule is O=C(Nc1ccc(NC(=O)c2ccco2)cc1C(F)(F)F)c1ccc(OCc2cscn2)cc1. The van der Waals surface area contributed by atoms with Gasteiger partial charge in [-0.25, -0.2) is 4.98 Å². The number of rotatable bonds is 7. The minimum Gasteiger partial charge on any atom is -0.487 e. The first-order chi connectivity index (χ1) is 16.3. The predicted molar refractivity (Wildman–Crippen MR) is 119 cm³/mol. The van der Waals surface area contributed by atoms with Crippen molar-refractivity contribution >= 4 is 34.5 Å². The van der Waals surface area contributed by atoms with E-state index >= 15 is 0 Å². The van der Waals surface area contributed by atoms with E-state index in [2.05, 4.69) is 15.6 Å². The molecule has 2 amide bonds. The number of hydrogen-bond acceptors (Lipinski definition) is 6. The minimum absolute atomic E-state index is 0.0510. The summed E-state index contributed by atoms with van der Waals surface area (Å²) in [6, 6.07) is 11.9. The van der Waals surface area contributed by atoms with Gasteiger partial charge in [0.1, 0.15) is 12.4 Å². The maximum atomic E-state index is 13.6. The fourth-order valence-corrected chi connectivity index (χ4v) is 3.47. The van der Waals surface area contributed by atoms with Crippen LogP contribution in [0.4, 0.5) is 24.5 Å². The average Bonchev–Trinajstić information content (AvgIpc) is 3.53. The van der Waals surface area contributed by atoms with Crippen molar-refractivity contribution in [2.45, 2.75) is 12.8 Å². The van der Waals surface area contributed by atoms with Crippen molar-refractivity contribution < 1.29 is 31.9 Å². The molecule has 2 aromatic carbocycles. The van der Waals surface area contributed by atoms with Crippen molar-refractivity contribution in [2.75, 3.05) is 10.6 Å². The lowest BCUT2D eigenvalue weighted by Crippen LogP contribution is -2.18. The van der Waals surface area contributed by atoms with Gasteiger partial charge in [0.05, 0.1) is 28.7 Å². The van der Waals surface area contributed by atoms with Gasteiger partial charge in [0, 0.05) is 16.6 Å². The molecule has 0 unspecified atom stereocenters. The molecule has 2 aromatic heterocycles. The molecule has 0 atom stereocenters. The van der Waals surface area contributed by atoms with Crippen molar-refractivity contribution in [3.05, 3.63) is 94.3 Å². The maximum Gasteiger partial charge on any atom is 0.418 e. The second-order valence-electron chi connectivity index (χ2n) is 6.94. The van der Waals surface area contributed by atoms with Crippen molar-refractivity contribution in [3.63, 3.8) is 0 Å². The number of thiazole rings is 1. The summed E-state index contributed by atoms with van der Waals surface area (Å²) in [7, 11) is 0. The molecule has 0 spiro atoms. The summed E-state index contributed by atoms with van der Waals surface area (Å²) in [5.41, 5.74) is 0.924. The topological polar surface area (TPSA) is 93.5 Å². The third kappa shape index (κ3) is 5.62. The Morgan fingerprint density at radius 2 is 1.82 bits per heavy atom. The Hall–Kier alpha value is -4.12. The first-order valence-electron chi connectivity index (χ1n) is 9.77. The number of nitrogens with one attached hydrogen (secondary N) is 2. The molecule has 0 aliphatic heterocycles. The van der Waals surface area contributed by atoms with Gasteiger partial charge in [0.15, 0.2) is 5.76 Å². The fraction of sp³-hybridized carbons (Fsp3) is 0.0870. The number of aromatic nitrogens is 1. The fourth-order valence-electron chi connectivity index (χ4n) is 2.93. The summed E-state index contributed by atoms with van der Waals surface area (Å²) in [6.45, 7) is 0.257. The molecule has 0 saturated carbocycles. The van der Waals surface area contributed by atoms with Crippen molar-refractivity contribution in [3.8, 4) is 5.75 Å². The molecule has 0 bridgehead atoms. The third-order valence-electron chi connectivity index (χ3n) is 4.56. The second-order valence-corrected chi connectivity index (χ2v) is 7.66. The van der Waals surface area contributed by atoms with E-state index in [1.54, 1.807) is 17.6 Å². The number of ether oxygens (including phenoxy) is 1. The van der Waals surface area contributed by atoms with Crippen LogP contribution in [0.15, 0.2) is 76.2 Å². The lowest BCUT2D eigenvalue weighted by molar-refractivity contribution is -0.136. The van der Waals surface area contributed by atoms with E-state index in [0.717, 1.165) is 17.8 Å². The number of benzene rings is 2. The third-order valence-corrected chi connectivity index (χ3v) is 5.20. The molecule has 0 radical (unpaired) electrons. The van der Waals surface area contributed by atoms with Crippen LogP contribution in [0.5, 0.6) is 5.75 Å². The smallest absolute Gasteiger partial charge is 0.418 e. The van der Waals surface area contributed by atoms with E-state index in [1.807, 2.05) is 5.38 Å². The Morgan fingerprint density at radius 3 is 2.47 bits per heavy atom. The van der Waals surface area contributed by atoms with Gasteiger partial charge in [0.25, 0.3) is 11.8 Å². The highest BCUT2D eigenvalue weighted by Crippen LogP contribution is 2.37. The number of anilines is 2. The van der Waals surface area contributed by atoms with E-state index in [1.165, 1.54) is 47.9 Å². The largest absolute Gasteiger partial charge is 0.487 e. The van der Waals surface area contributed by atoms with Crippen LogP contribution in [0.1, 0.15) is 32.2 Å². The maximum absolute atomic E-state index is 13.6. The number of alkyl halides is 3. The first-order valence-corrected chi connectivity index (χ1v) is 10.7. The van der Waals surface area contributed by atoms with Gasteiger partial charge in [-0.3, -0.25) is 9.59 Å². The molecule has 2 heterocycles. The standard InChI is InChI=1S/C23H16F3N3O4S/c24-23(25,26)18-10-15(28-22(31)20-2-1-9-32-20)5-8-19(18)29-21(30)14-3-6-17(7-4-14)33-11-16-12-34-13-27-16/h1-10,12-13H,11H2,(H,28,31)(H,29,30). The average molecular weight is 487 g/mol. The highest BCUT2D eigenvalue weighted by atomic mass is 32.1. The van der Waals surface area contributed by atoms with Crippen LogP contribution in [-0.2, 0) is 12.8 Å². The second kappa shape index (κ2) is 9.79. The normalized spacial score (nSPS) is 11.1. The summed E-state index contributed by atoms with van der Waals surface area (Å²) >= 11 is 1.44. The zero-order valence-electron chi connectivity index (χ0n) is 17.3. The zero-order valence-corrected chi connectivity index (χ0v) is 18.1. The molecule has 2 N–H and O–H groups in total. The molecule has 0 saturated heterocycles. The van der Waals surface area contributed by atoms with Crippen molar-refractivity contribution in [1.82, 2.24) is 4.98 Å². The molecule has 34 heavy (non-hydrogen) atoms. The number of carbonyl (C=O) groups excluding carboxylic acids is 2. The monoisotopic (exact) mass is 487 g/mol. The van der Waals surface area contributed by atoms with E-state index in [0.29, 0.717) is 5.75 Å². The number of furan rings is 1. The lowest BCUT2D eigenvalue weighted by Gasteiger charge is -2.16. The Kier molecular flexibility index (Phi) is 6.64. The Bertz CT molecular complexity index is 1270. The Labute approximate surface area is 195 Å².